The van der Waals surface area contributed by atoms with Crippen LogP contribution in [0, 0.1) is 18.8 Å². The lowest BCUT2D eigenvalue weighted by molar-refractivity contribution is -0.140. The summed E-state index contributed by atoms with van der Waals surface area (Å²) in [5.41, 5.74) is 1.35. The maximum Gasteiger partial charge on any atom is 0.306 e. The third-order valence-electron chi connectivity index (χ3n) is 3.91. The summed E-state index contributed by atoms with van der Waals surface area (Å²) in [5, 5.41) is 1.21. The lowest BCUT2D eigenvalue weighted by atomic mass is 10.2. The van der Waals surface area contributed by atoms with Crippen molar-refractivity contribution in [3.63, 3.8) is 0 Å². The van der Waals surface area contributed by atoms with Crippen molar-refractivity contribution in [2.45, 2.75) is 24.7 Å². The fourth-order valence-corrected chi connectivity index (χ4v) is 5.22. The van der Waals surface area contributed by atoms with Gasteiger partial charge in [0.15, 0.2) is 0 Å². The number of aromatic nitrogens is 1. The van der Waals surface area contributed by atoms with Crippen LogP contribution < -0.4 is 4.72 Å². The van der Waals surface area contributed by atoms with Crippen LogP contribution in [0.1, 0.15) is 23.4 Å². The molecule has 1 heterocycles. The molecule has 0 amide bonds. The molecule has 0 aliphatic carbocycles. The van der Waals surface area contributed by atoms with Crippen LogP contribution in [0.5, 0.6) is 0 Å². The fourth-order valence-electron chi connectivity index (χ4n) is 2.58. The van der Waals surface area contributed by atoms with Crippen LogP contribution in [0.25, 0.3) is 10.2 Å². The molecule has 1 aromatic heterocycles. The van der Waals surface area contributed by atoms with Crippen molar-refractivity contribution in [3.8, 4) is 11.8 Å². The van der Waals surface area contributed by atoms with E-state index in [1.54, 1.807) is 36.4 Å². The number of sulfonamides is 1. The van der Waals surface area contributed by atoms with E-state index < -0.39 is 10.0 Å². The Balaban J connectivity index is 1.93. The van der Waals surface area contributed by atoms with Crippen molar-refractivity contribution >= 4 is 54.8 Å². The second-order valence-corrected chi connectivity index (χ2v) is 9.30. The molecule has 0 bridgehead atoms. The number of esters is 1. The number of ether oxygens (including phenoxy) is 1. The van der Waals surface area contributed by atoms with Gasteiger partial charge in [-0.3, -0.25) is 9.52 Å². The number of carbonyl (C=O) groups is 1. The van der Waals surface area contributed by atoms with Gasteiger partial charge in [-0.2, -0.15) is 0 Å². The molecule has 29 heavy (non-hydrogen) atoms. The molecule has 0 unspecified atom stereocenters. The van der Waals surface area contributed by atoms with Gasteiger partial charge in [0.25, 0.3) is 10.0 Å². The fraction of sp³-hybridized carbons (Fsp3) is 0.200. The maximum absolute atomic E-state index is 13.0. The zero-order valence-electron chi connectivity index (χ0n) is 15.7. The van der Waals surface area contributed by atoms with E-state index in [0.717, 1.165) is 5.01 Å². The summed E-state index contributed by atoms with van der Waals surface area (Å²) in [6, 6.07) is 9.68. The first-order valence-electron chi connectivity index (χ1n) is 8.54. The Labute approximate surface area is 177 Å². The van der Waals surface area contributed by atoms with E-state index in [2.05, 4.69) is 26.3 Å². The number of hydrogen-bond acceptors (Lipinski definition) is 6. The molecular weight excluding hydrogens is 432 g/mol. The predicted octanol–water partition coefficient (Wildman–Crippen LogP) is 4.36. The summed E-state index contributed by atoms with van der Waals surface area (Å²) in [6.45, 7) is 1.83. The Kier molecular flexibility index (Phi) is 6.42. The van der Waals surface area contributed by atoms with E-state index in [4.69, 9.17) is 11.6 Å². The van der Waals surface area contributed by atoms with E-state index >= 15 is 0 Å². The molecule has 0 spiro atoms. The first-order chi connectivity index (χ1) is 13.8. The molecular formula is C20H17ClN2O4S2. The van der Waals surface area contributed by atoms with E-state index in [1.807, 2.05) is 6.92 Å². The third-order valence-corrected chi connectivity index (χ3v) is 6.70. The number of benzene rings is 2. The number of halogens is 1. The number of fused-ring (bicyclic) bond motifs is 1. The number of nitrogens with zero attached hydrogens (tertiary/aromatic N) is 1. The maximum atomic E-state index is 13.0. The molecule has 150 valence electrons. The van der Waals surface area contributed by atoms with Gasteiger partial charge in [-0.1, -0.05) is 29.5 Å². The molecule has 0 fully saturated rings. The van der Waals surface area contributed by atoms with Gasteiger partial charge in [0.1, 0.15) is 4.90 Å². The molecule has 0 aliphatic heterocycles. The highest BCUT2D eigenvalue weighted by atomic mass is 35.5. The van der Waals surface area contributed by atoms with Crippen molar-refractivity contribution in [1.29, 1.82) is 0 Å². The summed E-state index contributed by atoms with van der Waals surface area (Å²) in [7, 11) is -2.56. The van der Waals surface area contributed by atoms with Crippen molar-refractivity contribution in [1.82, 2.24) is 4.98 Å². The molecule has 0 aliphatic rings. The Hall–Kier alpha value is -2.60. The first-order valence-corrected chi connectivity index (χ1v) is 11.2. The normalized spacial score (nSPS) is 11.0. The van der Waals surface area contributed by atoms with Gasteiger partial charge in [0.2, 0.25) is 0 Å². The summed E-state index contributed by atoms with van der Waals surface area (Å²) in [5.74, 6) is 5.35. The van der Waals surface area contributed by atoms with Gasteiger partial charge in [-0.05, 0) is 37.3 Å². The standard InChI is InChI=1S/C20H17ClN2O4S2/c1-13-22-17-7-5-8-18(20(17)28-13)29(25,26)23-16-11-10-15(21)12-14(16)6-3-4-9-19(24)27-2/h5,7-8,10-12,23H,4,9H2,1-2H3. The topological polar surface area (TPSA) is 85.4 Å². The average molecular weight is 449 g/mol. The van der Waals surface area contributed by atoms with Crippen LogP contribution in [-0.2, 0) is 19.6 Å². The first kappa shape index (κ1) is 21.1. The van der Waals surface area contributed by atoms with Crippen molar-refractivity contribution in [2.24, 2.45) is 0 Å². The Morgan fingerprint density at radius 1 is 1.31 bits per heavy atom. The molecule has 3 rings (SSSR count). The molecule has 1 N–H and O–H groups in total. The highest BCUT2D eigenvalue weighted by Crippen LogP contribution is 2.30. The van der Waals surface area contributed by atoms with Gasteiger partial charge < -0.3 is 4.74 Å². The zero-order valence-corrected chi connectivity index (χ0v) is 18.0. The highest BCUT2D eigenvalue weighted by Gasteiger charge is 2.20. The lowest BCUT2D eigenvalue weighted by Gasteiger charge is -2.11. The van der Waals surface area contributed by atoms with Crippen LogP contribution in [0.4, 0.5) is 5.69 Å². The quantitative estimate of drug-likeness (QED) is 0.463. The number of anilines is 1. The highest BCUT2D eigenvalue weighted by molar-refractivity contribution is 7.93. The van der Waals surface area contributed by atoms with Crippen molar-refractivity contribution in [2.75, 3.05) is 11.8 Å². The van der Waals surface area contributed by atoms with Gasteiger partial charge in [-0.25, -0.2) is 13.4 Å². The Morgan fingerprint density at radius 3 is 2.86 bits per heavy atom. The van der Waals surface area contributed by atoms with Crippen molar-refractivity contribution < 1.29 is 17.9 Å². The summed E-state index contributed by atoms with van der Waals surface area (Å²) in [4.78, 5) is 15.7. The van der Waals surface area contributed by atoms with Crippen molar-refractivity contribution in [3.05, 3.63) is 52.0 Å². The molecule has 0 saturated heterocycles. The predicted molar refractivity (Wildman–Crippen MR) is 115 cm³/mol. The second-order valence-electron chi connectivity index (χ2n) is 6.01. The summed E-state index contributed by atoms with van der Waals surface area (Å²) >= 11 is 7.37. The number of thiazole rings is 1. The Bertz CT molecular complexity index is 1240. The van der Waals surface area contributed by atoms with E-state index in [-0.39, 0.29) is 23.7 Å². The summed E-state index contributed by atoms with van der Waals surface area (Å²) < 4.78 is 33.9. The monoisotopic (exact) mass is 448 g/mol. The molecule has 3 aromatic rings. The van der Waals surface area contributed by atoms with Gasteiger partial charge in [-0.15, -0.1) is 11.3 Å². The van der Waals surface area contributed by atoms with E-state index in [0.29, 0.717) is 26.5 Å². The summed E-state index contributed by atoms with van der Waals surface area (Å²) in [6.07, 6.45) is 0.433. The number of aryl methyl sites for hydroxylation is 1. The van der Waals surface area contributed by atoms with Crippen LogP contribution in [-0.4, -0.2) is 26.5 Å². The molecule has 9 heteroatoms. The van der Waals surface area contributed by atoms with Gasteiger partial charge in [0.05, 0.1) is 40.0 Å². The Morgan fingerprint density at radius 2 is 2.10 bits per heavy atom. The number of nitrogens with one attached hydrogen (secondary N) is 1. The molecule has 2 aromatic carbocycles. The van der Waals surface area contributed by atoms with E-state index in [9.17, 15) is 13.2 Å². The van der Waals surface area contributed by atoms with Crippen LogP contribution in [0.3, 0.4) is 0 Å². The second kappa shape index (κ2) is 8.82. The van der Waals surface area contributed by atoms with Gasteiger partial charge in [0, 0.05) is 11.4 Å². The minimum Gasteiger partial charge on any atom is -0.469 e. The van der Waals surface area contributed by atoms with Gasteiger partial charge >= 0.3 is 5.97 Å². The molecule has 0 atom stereocenters. The number of methoxy groups -OCH3 is 1. The largest absolute Gasteiger partial charge is 0.469 e. The lowest BCUT2D eigenvalue weighted by Crippen LogP contribution is -2.14. The molecule has 6 nitrogen and oxygen atoms in total. The number of carbonyl (C=O) groups excluding carboxylic acids is 1. The average Bonchev–Trinajstić information content (AvgIpc) is 3.06. The van der Waals surface area contributed by atoms with Crippen LogP contribution >= 0.6 is 22.9 Å². The minimum absolute atomic E-state index is 0.151. The SMILES string of the molecule is COC(=O)CCC#Cc1cc(Cl)ccc1NS(=O)(=O)c1cccc2nc(C)sc12. The number of rotatable bonds is 5. The molecule has 0 saturated carbocycles. The third kappa shape index (κ3) is 5.07. The molecule has 0 radical (unpaired) electrons. The zero-order chi connectivity index (χ0) is 21.0. The smallest absolute Gasteiger partial charge is 0.306 e. The van der Waals surface area contributed by atoms with Crippen LogP contribution in [0.2, 0.25) is 5.02 Å². The van der Waals surface area contributed by atoms with Crippen LogP contribution in [0.15, 0.2) is 41.3 Å². The van der Waals surface area contributed by atoms with E-state index in [1.165, 1.54) is 18.4 Å². The minimum atomic E-state index is -3.87. The number of hydrogen-bond donors (Lipinski definition) is 1.